The summed E-state index contributed by atoms with van der Waals surface area (Å²) in [5.41, 5.74) is 11.7. The fourth-order valence-electron chi connectivity index (χ4n) is 7.52. The molecule has 0 spiro atoms. The van der Waals surface area contributed by atoms with Gasteiger partial charge in [-0.05, 0) is 0 Å². The SMILES string of the molecule is Cc1ccc[c]([Zr](=[SiH2])([C]2=CC=CC2)([c]2cccc(C)c2)[c]2cc(C(C)(C)C)cc3c2Cc2ccc(C(C)(C)C)cc2-3)c1.Cl.Cl. The van der Waals surface area contributed by atoms with Crippen LogP contribution in [-0.2, 0) is 34.6 Å². The zero-order chi connectivity index (χ0) is 30.1. The van der Waals surface area contributed by atoms with Gasteiger partial charge in [0.05, 0.1) is 0 Å². The zero-order valence-electron chi connectivity index (χ0n) is 27.7. The minimum atomic E-state index is -4.47. The average Bonchev–Trinajstić information content (AvgIpc) is 3.60. The molecule has 4 aromatic rings. The molecule has 44 heavy (non-hydrogen) atoms. The van der Waals surface area contributed by atoms with Gasteiger partial charge < -0.3 is 0 Å². The molecule has 2 aliphatic rings. The van der Waals surface area contributed by atoms with E-state index in [1.807, 2.05) is 0 Å². The van der Waals surface area contributed by atoms with Crippen LogP contribution in [0, 0.1) is 13.8 Å². The third-order valence-corrected chi connectivity index (χ3v) is 36.1. The number of fused-ring (bicyclic) bond motifs is 3. The first-order valence-corrected chi connectivity index (χ1v) is 26.4. The van der Waals surface area contributed by atoms with Crippen molar-refractivity contribution in [3.63, 3.8) is 0 Å². The summed E-state index contributed by atoms with van der Waals surface area (Å²) in [6.45, 7) is 21.1. The van der Waals surface area contributed by atoms with Gasteiger partial charge in [0.1, 0.15) is 0 Å². The van der Waals surface area contributed by atoms with Crippen molar-refractivity contribution in [1.82, 2.24) is 0 Å². The van der Waals surface area contributed by atoms with Crippen LogP contribution in [0.3, 0.4) is 0 Å². The van der Waals surface area contributed by atoms with Gasteiger partial charge in [0, 0.05) is 0 Å². The second-order valence-corrected chi connectivity index (χ2v) is 36.4. The Morgan fingerprint density at radius 1 is 0.659 bits per heavy atom. The predicted octanol–water partition coefficient (Wildman–Crippen LogP) is 8.67. The number of rotatable bonds is 4. The monoisotopic (exact) mass is 716 g/mol. The standard InChI is InChI=1S/C21H25.2C7H7.C5H5.2ClH.H2Si.Zr/c1-20(2,3)16-9-7-14-11-15-8-10-17(21(4,5)6)13-19(15)18(14)12-16;2*1-7-5-3-2-4-6-7;1-2-4-5-3-1;;;;/h7,9-10,12-13H,11H2,1-6H3;2*2-3,5-6H,1H3;1-3H,4H2;2*1H;1H2;. The molecule has 0 saturated carbocycles. The van der Waals surface area contributed by atoms with E-state index >= 15 is 0 Å². The van der Waals surface area contributed by atoms with E-state index < -0.39 is 17.4 Å². The van der Waals surface area contributed by atoms with Crippen molar-refractivity contribution in [3.05, 3.63) is 134 Å². The van der Waals surface area contributed by atoms with Crippen LogP contribution in [0.25, 0.3) is 11.1 Å². The largest absolute Gasteiger partial charge is 0.147 e. The molecule has 0 bridgehead atoms. The summed E-state index contributed by atoms with van der Waals surface area (Å²) >= 11 is -4.47. The van der Waals surface area contributed by atoms with Crippen molar-refractivity contribution < 1.29 is 17.4 Å². The Hall–Kier alpha value is -1.96. The Morgan fingerprint density at radius 3 is 1.73 bits per heavy atom. The van der Waals surface area contributed by atoms with Crippen LogP contribution in [0.1, 0.15) is 81.3 Å². The summed E-state index contributed by atoms with van der Waals surface area (Å²) in [5.74, 6) is 0. The molecular weight excluding hydrogens is 671 g/mol. The zero-order valence-corrected chi connectivity index (χ0v) is 33.2. The van der Waals surface area contributed by atoms with Gasteiger partial charge in [-0.15, -0.1) is 24.8 Å². The van der Waals surface area contributed by atoms with Crippen molar-refractivity contribution in [1.29, 1.82) is 0 Å². The Kier molecular flexibility index (Phi) is 9.52. The summed E-state index contributed by atoms with van der Waals surface area (Å²) in [5, 5.41) is 0. The third-order valence-electron chi connectivity index (χ3n) is 10.1. The van der Waals surface area contributed by atoms with Gasteiger partial charge in [0.15, 0.2) is 0 Å². The topological polar surface area (TPSA) is 0 Å². The number of hydrogen-bond acceptors (Lipinski definition) is 0. The molecule has 2 aliphatic carbocycles. The molecule has 0 saturated heterocycles. The van der Waals surface area contributed by atoms with Crippen molar-refractivity contribution in [2.75, 3.05) is 0 Å². The molecule has 0 amide bonds. The van der Waals surface area contributed by atoms with E-state index in [1.165, 1.54) is 38.9 Å². The summed E-state index contributed by atoms with van der Waals surface area (Å²) in [7, 11) is 0. The van der Waals surface area contributed by atoms with E-state index in [-0.39, 0.29) is 35.6 Å². The molecule has 4 heteroatoms. The summed E-state index contributed by atoms with van der Waals surface area (Å²) in [4.78, 5) is 0. The van der Waals surface area contributed by atoms with Crippen LogP contribution >= 0.6 is 24.8 Å². The molecular formula is C40H48Cl2SiZr. The van der Waals surface area contributed by atoms with Crippen LogP contribution in [0.4, 0.5) is 0 Å². The number of benzene rings is 4. The number of hydrogen-bond donors (Lipinski definition) is 0. The van der Waals surface area contributed by atoms with Crippen molar-refractivity contribution in [2.45, 2.75) is 79.1 Å². The summed E-state index contributed by atoms with van der Waals surface area (Å²) < 4.78 is 6.44. The van der Waals surface area contributed by atoms with E-state index in [0.29, 0.717) is 0 Å². The van der Waals surface area contributed by atoms with Gasteiger partial charge in [0.2, 0.25) is 0 Å². The second-order valence-electron chi connectivity index (χ2n) is 15.1. The minimum Gasteiger partial charge on any atom is -0.147 e. The second kappa shape index (κ2) is 12.0. The van der Waals surface area contributed by atoms with Crippen molar-refractivity contribution in [3.8, 4) is 11.1 Å². The number of allylic oxidation sites excluding steroid dienone is 4. The van der Waals surface area contributed by atoms with Gasteiger partial charge in [-0.1, -0.05) is 0 Å². The van der Waals surface area contributed by atoms with Gasteiger partial charge in [-0.25, -0.2) is 0 Å². The summed E-state index contributed by atoms with van der Waals surface area (Å²) in [6.07, 6.45) is 9.25. The smallest absolute Gasteiger partial charge is 0.147 e. The van der Waals surface area contributed by atoms with E-state index in [9.17, 15) is 0 Å². The first kappa shape index (κ1) is 34.9. The molecule has 0 aliphatic heterocycles. The van der Waals surface area contributed by atoms with Crippen molar-refractivity contribution >= 4 is 41.5 Å². The predicted molar refractivity (Wildman–Crippen MR) is 198 cm³/mol. The number of halogens is 2. The first-order chi connectivity index (χ1) is 19.7. The molecule has 0 atom stereocenters. The normalized spacial score (nSPS) is 14.3. The Bertz CT molecular complexity index is 1830. The Morgan fingerprint density at radius 2 is 1.23 bits per heavy atom. The molecule has 0 fully saturated rings. The average molecular weight is 719 g/mol. The molecule has 4 aromatic carbocycles. The van der Waals surface area contributed by atoms with E-state index in [2.05, 4.69) is 159 Å². The van der Waals surface area contributed by atoms with Crippen LogP contribution in [0.15, 0.2) is 100 Å². The van der Waals surface area contributed by atoms with E-state index in [1.54, 1.807) is 18.7 Å². The fourth-order valence-corrected chi connectivity index (χ4v) is 29.4. The molecule has 0 aromatic heterocycles. The maximum absolute atomic E-state index is 4.47. The van der Waals surface area contributed by atoms with E-state index in [4.69, 9.17) is 0 Å². The number of aryl methyl sites for hydroxylation is 2. The van der Waals surface area contributed by atoms with Gasteiger partial charge in [-0.2, -0.15) is 0 Å². The molecule has 6 rings (SSSR count). The molecule has 0 radical (unpaired) electrons. The Balaban J connectivity index is 0.00000221. The maximum atomic E-state index is 2.68. The molecule has 0 heterocycles. The van der Waals surface area contributed by atoms with Crippen LogP contribution in [0.5, 0.6) is 0 Å². The third kappa shape index (κ3) is 5.43. The molecule has 230 valence electrons. The maximum Gasteiger partial charge on any atom is -0.147 e. The fraction of sp³-hybridized carbons (Fsp3) is 0.300. The van der Waals surface area contributed by atoms with Crippen molar-refractivity contribution in [2.24, 2.45) is 0 Å². The van der Waals surface area contributed by atoms with Gasteiger partial charge >= 0.3 is 258 Å². The Labute approximate surface area is 280 Å². The molecule has 0 nitrogen and oxygen atoms in total. The minimum absolute atomic E-state index is 0. The molecule has 0 unspecified atom stereocenters. The quantitative estimate of drug-likeness (QED) is 0.163. The van der Waals surface area contributed by atoms with Crippen LogP contribution in [-0.4, -0.2) is 6.88 Å². The van der Waals surface area contributed by atoms with Crippen LogP contribution in [0.2, 0.25) is 0 Å². The van der Waals surface area contributed by atoms with E-state index in [0.717, 1.165) is 12.8 Å². The van der Waals surface area contributed by atoms with Gasteiger partial charge in [-0.3, -0.25) is 0 Å². The van der Waals surface area contributed by atoms with Crippen LogP contribution < -0.4 is 9.81 Å². The first-order valence-electron chi connectivity index (χ1n) is 15.6. The summed E-state index contributed by atoms with van der Waals surface area (Å²) in [6, 6.07) is 31.7. The van der Waals surface area contributed by atoms with Gasteiger partial charge in [0.25, 0.3) is 0 Å². The molecule has 0 N–H and O–H groups in total.